The largest absolute Gasteiger partial charge is 0.497 e. The second-order valence-corrected chi connectivity index (χ2v) is 6.14. The third-order valence-corrected chi connectivity index (χ3v) is 4.49. The number of hydrogen-bond donors (Lipinski definition) is 0. The molecule has 27 heavy (non-hydrogen) atoms. The molecule has 0 radical (unpaired) electrons. The Kier molecular flexibility index (Phi) is 6.13. The van der Waals surface area contributed by atoms with Gasteiger partial charge in [0, 0.05) is 38.8 Å². The first-order chi connectivity index (χ1) is 13.2. The van der Waals surface area contributed by atoms with Crippen LogP contribution in [0.2, 0.25) is 0 Å². The third-order valence-electron chi connectivity index (χ3n) is 4.49. The van der Waals surface area contributed by atoms with Gasteiger partial charge in [-0.05, 0) is 17.7 Å². The summed E-state index contributed by atoms with van der Waals surface area (Å²) in [6.45, 7) is 2.08. The summed E-state index contributed by atoms with van der Waals surface area (Å²) in [5.41, 5.74) is 2.52. The minimum atomic E-state index is -0.0689. The zero-order chi connectivity index (χ0) is 19.2. The second kappa shape index (κ2) is 8.73. The molecule has 0 spiro atoms. The Hall–Kier alpha value is -2.80. The van der Waals surface area contributed by atoms with Crippen molar-refractivity contribution >= 4 is 5.91 Å². The maximum atomic E-state index is 13.0. The van der Waals surface area contributed by atoms with Crippen LogP contribution < -0.4 is 14.2 Å². The zero-order valence-electron chi connectivity index (χ0n) is 15.9. The quantitative estimate of drug-likeness (QED) is 0.695. The number of nitrogens with zero attached hydrogens (tertiary/aromatic N) is 2. The highest BCUT2D eigenvalue weighted by Crippen LogP contribution is 2.28. The van der Waals surface area contributed by atoms with E-state index in [1.165, 1.54) is 0 Å². The number of carbonyl (C=O) groups is 1. The molecule has 1 aromatic carbocycles. The predicted molar refractivity (Wildman–Crippen MR) is 99.6 cm³/mol. The SMILES string of the molecule is COCCOc1ccc2c(n1)CCN(C(=O)c1ccc(OC)cc1OC)C2. The summed E-state index contributed by atoms with van der Waals surface area (Å²) in [5, 5.41) is 0. The van der Waals surface area contributed by atoms with E-state index in [2.05, 4.69) is 4.98 Å². The smallest absolute Gasteiger partial charge is 0.257 e. The maximum Gasteiger partial charge on any atom is 0.257 e. The minimum Gasteiger partial charge on any atom is -0.497 e. The topological polar surface area (TPSA) is 70.1 Å². The highest BCUT2D eigenvalue weighted by molar-refractivity contribution is 5.97. The standard InChI is InChI=1S/C20H24N2O5/c1-24-10-11-27-19-7-4-14-13-22(9-8-17(14)21-19)20(23)16-6-5-15(25-2)12-18(16)26-3/h4-7,12H,8-11,13H2,1-3H3. The summed E-state index contributed by atoms with van der Waals surface area (Å²) < 4.78 is 21.1. The number of pyridine rings is 1. The lowest BCUT2D eigenvalue weighted by Crippen LogP contribution is -2.36. The molecule has 1 amide bonds. The van der Waals surface area contributed by atoms with Crippen molar-refractivity contribution in [1.82, 2.24) is 9.88 Å². The average molecular weight is 372 g/mol. The molecule has 144 valence electrons. The van der Waals surface area contributed by atoms with Crippen molar-refractivity contribution in [3.63, 3.8) is 0 Å². The number of fused-ring (bicyclic) bond motifs is 1. The van der Waals surface area contributed by atoms with Crippen LogP contribution in [0.3, 0.4) is 0 Å². The molecule has 3 rings (SSSR count). The van der Waals surface area contributed by atoms with Crippen LogP contribution in [0.25, 0.3) is 0 Å². The molecule has 0 N–H and O–H groups in total. The van der Waals surface area contributed by atoms with E-state index in [0.29, 0.717) is 55.7 Å². The lowest BCUT2D eigenvalue weighted by Gasteiger charge is -2.29. The zero-order valence-corrected chi connectivity index (χ0v) is 15.9. The molecular formula is C20H24N2O5. The van der Waals surface area contributed by atoms with E-state index in [9.17, 15) is 4.79 Å². The molecule has 7 nitrogen and oxygen atoms in total. The molecule has 0 saturated carbocycles. The van der Waals surface area contributed by atoms with E-state index in [4.69, 9.17) is 18.9 Å². The molecule has 7 heteroatoms. The number of methoxy groups -OCH3 is 3. The van der Waals surface area contributed by atoms with Gasteiger partial charge in [-0.25, -0.2) is 4.98 Å². The molecule has 0 aliphatic carbocycles. The lowest BCUT2D eigenvalue weighted by atomic mass is 10.0. The molecule has 0 unspecified atom stereocenters. The maximum absolute atomic E-state index is 13.0. The Bertz CT molecular complexity index is 809. The Morgan fingerprint density at radius 1 is 1.11 bits per heavy atom. The first kappa shape index (κ1) is 19.0. The van der Waals surface area contributed by atoms with Gasteiger partial charge in [-0.2, -0.15) is 0 Å². The predicted octanol–water partition coefficient (Wildman–Crippen LogP) is 2.32. The molecule has 0 bridgehead atoms. The van der Waals surface area contributed by atoms with Crippen LogP contribution in [0.15, 0.2) is 30.3 Å². The molecular weight excluding hydrogens is 348 g/mol. The van der Waals surface area contributed by atoms with Crippen molar-refractivity contribution in [1.29, 1.82) is 0 Å². The average Bonchev–Trinajstić information content (AvgIpc) is 2.72. The fourth-order valence-corrected chi connectivity index (χ4v) is 3.02. The lowest BCUT2D eigenvalue weighted by molar-refractivity contribution is 0.0729. The van der Waals surface area contributed by atoms with Crippen molar-refractivity contribution in [2.45, 2.75) is 13.0 Å². The summed E-state index contributed by atoms with van der Waals surface area (Å²) in [6.07, 6.45) is 0.682. The van der Waals surface area contributed by atoms with E-state index in [0.717, 1.165) is 11.3 Å². The number of aromatic nitrogens is 1. The number of ether oxygens (including phenoxy) is 4. The number of carbonyl (C=O) groups excluding carboxylic acids is 1. The van der Waals surface area contributed by atoms with Gasteiger partial charge in [0.05, 0.1) is 32.1 Å². The van der Waals surface area contributed by atoms with Gasteiger partial charge >= 0.3 is 0 Å². The van der Waals surface area contributed by atoms with Gasteiger partial charge in [0.1, 0.15) is 18.1 Å². The van der Waals surface area contributed by atoms with Crippen LogP contribution in [0, 0.1) is 0 Å². The number of rotatable bonds is 7. The van der Waals surface area contributed by atoms with E-state index in [1.807, 2.05) is 12.1 Å². The first-order valence-corrected chi connectivity index (χ1v) is 8.78. The molecule has 2 aromatic rings. The van der Waals surface area contributed by atoms with Crippen molar-refractivity contribution in [2.75, 3.05) is 41.1 Å². The van der Waals surface area contributed by atoms with Crippen molar-refractivity contribution < 1.29 is 23.7 Å². The first-order valence-electron chi connectivity index (χ1n) is 8.78. The van der Waals surface area contributed by atoms with Crippen LogP contribution in [0.4, 0.5) is 0 Å². The Labute approximate surface area is 158 Å². The van der Waals surface area contributed by atoms with Gasteiger partial charge in [-0.3, -0.25) is 4.79 Å². The van der Waals surface area contributed by atoms with Crippen molar-refractivity contribution in [3.8, 4) is 17.4 Å². The highest BCUT2D eigenvalue weighted by atomic mass is 16.5. The molecule has 0 atom stereocenters. The molecule has 1 aromatic heterocycles. The number of hydrogen-bond acceptors (Lipinski definition) is 6. The molecule has 1 aliphatic rings. The molecule has 0 fully saturated rings. The summed E-state index contributed by atoms with van der Waals surface area (Å²) >= 11 is 0. The summed E-state index contributed by atoms with van der Waals surface area (Å²) in [5.74, 6) is 1.67. The van der Waals surface area contributed by atoms with Crippen LogP contribution in [-0.4, -0.2) is 56.9 Å². The number of amides is 1. The van der Waals surface area contributed by atoms with Gasteiger partial charge in [-0.15, -0.1) is 0 Å². The van der Waals surface area contributed by atoms with Gasteiger partial charge in [-0.1, -0.05) is 6.07 Å². The normalized spacial score (nSPS) is 13.1. The molecule has 0 saturated heterocycles. The Balaban J connectivity index is 1.73. The second-order valence-electron chi connectivity index (χ2n) is 6.14. The van der Waals surface area contributed by atoms with E-state index in [1.54, 1.807) is 44.4 Å². The molecule has 1 aliphatic heterocycles. The van der Waals surface area contributed by atoms with Gasteiger partial charge < -0.3 is 23.8 Å². The number of benzene rings is 1. The fraction of sp³-hybridized carbons (Fsp3) is 0.400. The fourth-order valence-electron chi connectivity index (χ4n) is 3.02. The minimum absolute atomic E-state index is 0.0689. The van der Waals surface area contributed by atoms with Crippen molar-refractivity contribution in [3.05, 3.63) is 47.2 Å². The van der Waals surface area contributed by atoms with Crippen molar-refractivity contribution in [2.24, 2.45) is 0 Å². The van der Waals surface area contributed by atoms with Gasteiger partial charge in [0.25, 0.3) is 5.91 Å². The van der Waals surface area contributed by atoms with E-state index in [-0.39, 0.29) is 5.91 Å². The van der Waals surface area contributed by atoms with Gasteiger partial charge in [0.15, 0.2) is 0 Å². The van der Waals surface area contributed by atoms with Gasteiger partial charge in [0.2, 0.25) is 5.88 Å². The van der Waals surface area contributed by atoms with E-state index >= 15 is 0 Å². The van der Waals surface area contributed by atoms with Crippen LogP contribution in [-0.2, 0) is 17.7 Å². The monoisotopic (exact) mass is 372 g/mol. The summed E-state index contributed by atoms with van der Waals surface area (Å²) in [6, 6.07) is 9.02. The van der Waals surface area contributed by atoms with Crippen LogP contribution >= 0.6 is 0 Å². The summed E-state index contributed by atoms with van der Waals surface area (Å²) in [7, 11) is 4.76. The Morgan fingerprint density at radius 2 is 1.96 bits per heavy atom. The Morgan fingerprint density at radius 3 is 2.70 bits per heavy atom. The highest BCUT2D eigenvalue weighted by Gasteiger charge is 2.25. The molecule has 2 heterocycles. The van der Waals surface area contributed by atoms with Crippen LogP contribution in [0.1, 0.15) is 21.6 Å². The third kappa shape index (κ3) is 4.31. The van der Waals surface area contributed by atoms with E-state index < -0.39 is 0 Å². The summed E-state index contributed by atoms with van der Waals surface area (Å²) in [4.78, 5) is 19.3. The van der Waals surface area contributed by atoms with Crippen LogP contribution in [0.5, 0.6) is 17.4 Å².